The van der Waals surface area contributed by atoms with Gasteiger partial charge in [-0.15, -0.1) is 0 Å². The molecule has 116 valence electrons. The van der Waals surface area contributed by atoms with E-state index >= 15 is 0 Å². The van der Waals surface area contributed by atoms with Crippen molar-refractivity contribution < 1.29 is 14.2 Å². The Morgan fingerprint density at radius 1 is 1.10 bits per heavy atom. The van der Waals surface area contributed by atoms with Crippen LogP contribution in [0.5, 0.6) is 11.5 Å². The van der Waals surface area contributed by atoms with Crippen molar-refractivity contribution in [1.82, 2.24) is 5.32 Å². The SMILES string of the molecule is CC(NCC1(C)CCOCC1)c1ccc2c(c1)OCCO2. The Balaban J connectivity index is 1.61. The summed E-state index contributed by atoms with van der Waals surface area (Å²) in [6.07, 6.45) is 2.27. The Morgan fingerprint density at radius 3 is 2.57 bits per heavy atom. The Morgan fingerprint density at radius 2 is 1.81 bits per heavy atom. The van der Waals surface area contributed by atoms with E-state index in [9.17, 15) is 0 Å². The second-order valence-electron chi connectivity index (χ2n) is 6.43. The summed E-state index contributed by atoms with van der Waals surface area (Å²) in [7, 11) is 0. The third-order valence-corrected chi connectivity index (χ3v) is 4.60. The summed E-state index contributed by atoms with van der Waals surface area (Å²) in [4.78, 5) is 0. The number of hydrogen-bond acceptors (Lipinski definition) is 4. The van der Waals surface area contributed by atoms with Gasteiger partial charge in [0, 0.05) is 25.8 Å². The summed E-state index contributed by atoms with van der Waals surface area (Å²) in [5, 5.41) is 3.66. The standard InChI is InChI=1S/C17H25NO3/c1-13(18-12-17(2)5-7-19-8-6-17)14-3-4-15-16(11-14)21-10-9-20-15/h3-4,11,13,18H,5-10,12H2,1-2H3. The molecule has 3 rings (SSSR count). The zero-order valence-electron chi connectivity index (χ0n) is 13.0. The molecule has 0 aliphatic carbocycles. The Hall–Kier alpha value is -1.26. The molecule has 0 saturated carbocycles. The van der Waals surface area contributed by atoms with Gasteiger partial charge in [-0.3, -0.25) is 0 Å². The van der Waals surface area contributed by atoms with Crippen LogP contribution in [0, 0.1) is 5.41 Å². The van der Waals surface area contributed by atoms with Crippen LogP contribution in [-0.2, 0) is 4.74 Å². The monoisotopic (exact) mass is 291 g/mol. The second-order valence-corrected chi connectivity index (χ2v) is 6.43. The molecule has 2 heterocycles. The maximum absolute atomic E-state index is 5.66. The van der Waals surface area contributed by atoms with Crippen molar-refractivity contribution in [3.8, 4) is 11.5 Å². The lowest BCUT2D eigenvalue weighted by atomic mass is 9.82. The predicted octanol–water partition coefficient (Wildman–Crippen LogP) is 2.93. The summed E-state index contributed by atoms with van der Waals surface area (Å²) in [6, 6.07) is 6.54. The Kier molecular flexibility index (Phi) is 4.36. The zero-order chi connectivity index (χ0) is 14.7. The molecule has 4 heteroatoms. The third kappa shape index (κ3) is 3.50. The fourth-order valence-electron chi connectivity index (χ4n) is 2.89. The summed E-state index contributed by atoms with van der Waals surface area (Å²) in [5.41, 5.74) is 1.59. The van der Waals surface area contributed by atoms with E-state index in [1.165, 1.54) is 5.56 Å². The molecule has 0 radical (unpaired) electrons. The normalized spacial score (nSPS) is 21.8. The van der Waals surface area contributed by atoms with Crippen molar-refractivity contribution in [2.24, 2.45) is 5.41 Å². The molecule has 1 unspecified atom stereocenters. The molecule has 21 heavy (non-hydrogen) atoms. The average Bonchev–Trinajstić information content (AvgIpc) is 2.53. The smallest absolute Gasteiger partial charge is 0.161 e. The number of fused-ring (bicyclic) bond motifs is 1. The maximum Gasteiger partial charge on any atom is 0.161 e. The van der Waals surface area contributed by atoms with Crippen molar-refractivity contribution in [1.29, 1.82) is 0 Å². The largest absolute Gasteiger partial charge is 0.486 e. The fourth-order valence-corrected chi connectivity index (χ4v) is 2.89. The first kappa shape index (κ1) is 14.7. The van der Waals surface area contributed by atoms with Crippen molar-refractivity contribution in [2.45, 2.75) is 32.7 Å². The van der Waals surface area contributed by atoms with E-state index in [4.69, 9.17) is 14.2 Å². The van der Waals surface area contributed by atoms with Gasteiger partial charge in [-0.2, -0.15) is 0 Å². The van der Waals surface area contributed by atoms with Crippen molar-refractivity contribution >= 4 is 0 Å². The molecule has 1 N–H and O–H groups in total. The predicted molar refractivity (Wildman–Crippen MR) is 82.0 cm³/mol. The lowest BCUT2D eigenvalue weighted by molar-refractivity contribution is 0.0231. The fraction of sp³-hybridized carbons (Fsp3) is 0.647. The van der Waals surface area contributed by atoms with Gasteiger partial charge in [0.2, 0.25) is 0 Å². The van der Waals surface area contributed by atoms with E-state index in [-0.39, 0.29) is 0 Å². The van der Waals surface area contributed by atoms with Crippen LogP contribution >= 0.6 is 0 Å². The molecule has 1 saturated heterocycles. The van der Waals surface area contributed by atoms with Gasteiger partial charge in [-0.25, -0.2) is 0 Å². The summed E-state index contributed by atoms with van der Waals surface area (Å²) >= 11 is 0. The lowest BCUT2D eigenvalue weighted by Gasteiger charge is -2.35. The first-order valence-electron chi connectivity index (χ1n) is 7.87. The van der Waals surface area contributed by atoms with Gasteiger partial charge in [0.1, 0.15) is 13.2 Å². The van der Waals surface area contributed by atoms with Crippen molar-refractivity contribution in [3.05, 3.63) is 23.8 Å². The molecular formula is C17H25NO3. The van der Waals surface area contributed by atoms with Gasteiger partial charge in [0.25, 0.3) is 0 Å². The molecule has 1 fully saturated rings. The van der Waals surface area contributed by atoms with E-state index in [2.05, 4.69) is 31.3 Å². The van der Waals surface area contributed by atoms with E-state index in [1.54, 1.807) is 0 Å². The molecule has 1 atom stereocenters. The maximum atomic E-state index is 5.66. The Labute approximate surface area is 126 Å². The van der Waals surface area contributed by atoms with Crippen LogP contribution in [0.4, 0.5) is 0 Å². The molecule has 1 aromatic carbocycles. The molecule has 1 aromatic rings. The van der Waals surface area contributed by atoms with Crippen molar-refractivity contribution in [2.75, 3.05) is 33.0 Å². The minimum Gasteiger partial charge on any atom is -0.486 e. The topological polar surface area (TPSA) is 39.7 Å². The van der Waals surface area contributed by atoms with E-state index < -0.39 is 0 Å². The first-order valence-corrected chi connectivity index (χ1v) is 7.87. The van der Waals surface area contributed by atoms with Gasteiger partial charge in [0.05, 0.1) is 0 Å². The molecule has 2 aliphatic rings. The van der Waals surface area contributed by atoms with Crippen LogP contribution in [0.2, 0.25) is 0 Å². The number of hydrogen-bond donors (Lipinski definition) is 1. The van der Waals surface area contributed by atoms with Crippen LogP contribution in [0.25, 0.3) is 0 Å². The highest BCUT2D eigenvalue weighted by Gasteiger charge is 2.27. The second kappa shape index (κ2) is 6.24. The molecule has 4 nitrogen and oxygen atoms in total. The number of benzene rings is 1. The summed E-state index contributed by atoms with van der Waals surface area (Å²) in [5.74, 6) is 1.72. The highest BCUT2D eigenvalue weighted by molar-refractivity contribution is 5.44. The molecular weight excluding hydrogens is 266 g/mol. The number of ether oxygens (including phenoxy) is 3. The first-order chi connectivity index (χ1) is 10.2. The molecule has 2 aliphatic heterocycles. The summed E-state index contributed by atoms with van der Waals surface area (Å²) in [6.45, 7) is 8.61. The van der Waals surface area contributed by atoms with Gasteiger partial charge in [-0.05, 0) is 42.9 Å². The molecule has 0 aromatic heterocycles. The van der Waals surface area contributed by atoms with Gasteiger partial charge >= 0.3 is 0 Å². The van der Waals surface area contributed by atoms with Crippen molar-refractivity contribution in [3.63, 3.8) is 0 Å². The molecule has 0 bridgehead atoms. The number of nitrogens with one attached hydrogen (secondary N) is 1. The van der Waals surface area contributed by atoms with Gasteiger partial charge < -0.3 is 19.5 Å². The highest BCUT2D eigenvalue weighted by Crippen LogP contribution is 2.33. The summed E-state index contributed by atoms with van der Waals surface area (Å²) < 4.78 is 16.7. The Bertz CT molecular complexity index is 483. The van der Waals surface area contributed by atoms with Crippen LogP contribution < -0.4 is 14.8 Å². The zero-order valence-corrected chi connectivity index (χ0v) is 13.0. The number of rotatable bonds is 4. The third-order valence-electron chi connectivity index (χ3n) is 4.60. The average molecular weight is 291 g/mol. The van der Waals surface area contributed by atoms with Gasteiger partial charge in [-0.1, -0.05) is 13.0 Å². The lowest BCUT2D eigenvalue weighted by Crippen LogP contribution is -2.37. The van der Waals surface area contributed by atoms with Gasteiger partial charge in [0.15, 0.2) is 11.5 Å². The minimum absolute atomic E-state index is 0.306. The van der Waals surface area contributed by atoms with Crippen LogP contribution in [0.3, 0.4) is 0 Å². The quantitative estimate of drug-likeness (QED) is 0.926. The van der Waals surface area contributed by atoms with E-state index in [0.717, 1.165) is 44.1 Å². The van der Waals surface area contributed by atoms with Crippen LogP contribution in [-0.4, -0.2) is 33.0 Å². The van der Waals surface area contributed by atoms with Crippen LogP contribution in [0.15, 0.2) is 18.2 Å². The van der Waals surface area contributed by atoms with E-state index in [1.807, 2.05) is 6.07 Å². The van der Waals surface area contributed by atoms with Crippen LogP contribution in [0.1, 0.15) is 38.3 Å². The minimum atomic E-state index is 0.306. The highest BCUT2D eigenvalue weighted by atomic mass is 16.6. The van der Waals surface area contributed by atoms with E-state index in [0.29, 0.717) is 24.7 Å². The molecule has 0 amide bonds. The molecule has 0 spiro atoms.